The lowest BCUT2D eigenvalue weighted by atomic mass is 10.0. The summed E-state index contributed by atoms with van der Waals surface area (Å²) < 4.78 is 75.7. The van der Waals surface area contributed by atoms with Gasteiger partial charge in [0.15, 0.2) is 0 Å². The second-order valence-electron chi connectivity index (χ2n) is 5.06. The zero-order chi connectivity index (χ0) is 18.8. The fourth-order valence-corrected chi connectivity index (χ4v) is 2.08. The molecule has 0 unspecified atom stereocenters. The Morgan fingerprint density at radius 3 is 1.88 bits per heavy atom. The lowest BCUT2D eigenvalue weighted by Crippen LogP contribution is -2.06. The van der Waals surface area contributed by atoms with Crippen molar-refractivity contribution in [2.75, 3.05) is 0 Å². The average molecular weight is 360 g/mol. The van der Waals surface area contributed by atoms with Crippen LogP contribution in [0.5, 0.6) is 0 Å². The topological polar surface area (TPSA) is 37.3 Å². The molecule has 25 heavy (non-hydrogen) atoms. The fourth-order valence-electron chi connectivity index (χ4n) is 2.08. The summed E-state index contributed by atoms with van der Waals surface area (Å²) in [6.45, 7) is 0. The van der Waals surface area contributed by atoms with E-state index in [2.05, 4.69) is 0 Å². The van der Waals surface area contributed by atoms with Gasteiger partial charge in [0.1, 0.15) is 0 Å². The molecule has 1 N–H and O–H groups in total. The molecule has 0 radical (unpaired) electrons. The van der Waals surface area contributed by atoms with E-state index in [0.29, 0.717) is 12.1 Å². The molecule has 0 atom stereocenters. The molecule has 2 nitrogen and oxygen atoms in total. The van der Waals surface area contributed by atoms with Crippen molar-refractivity contribution in [3.8, 4) is 0 Å². The number of hydrogen-bond donors (Lipinski definition) is 1. The first kappa shape index (κ1) is 18.6. The molecular formula is C17H10F6O2. The van der Waals surface area contributed by atoms with Crippen LogP contribution in [-0.4, -0.2) is 11.1 Å². The number of benzene rings is 2. The molecule has 0 saturated carbocycles. The summed E-state index contributed by atoms with van der Waals surface area (Å²) in [4.78, 5) is 11.4. The Labute approximate surface area is 138 Å². The molecule has 0 amide bonds. The van der Waals surface area contributed by atoms with Crippen molar-refractivity contribution in [3.63, 3.8) is 0 Å². The molecule has 2 aromatic carbocycles. The van der Waals surface area contributed by atoms with Gasteiger partial charge in [0.05, 0.1) is 16.7 Å². The van der Waals surface area contributed by atoms with Gasteiger partial charge in [-0.05, 0) is 41.5 Å². The highest BCUT2D eigenvalue weighted by molar-refractivity contribution is 6.20. The van der Waals surface area contributed by atoms with Crippen molar-refractivity contribution < 1.29 is 36.2 Å². The van der Waals surface area contributed by atoms with Gasteiger partial charge in [-0.1, -0.05) is 24.3 Å². The molecule has 0 saturated heterocycles. The Bertz CT molecular complexity index is 801. The van der Waals surface area contributed by atoms with Crippen LogP contribution >= 0.6 is 0 Å². The van der Waals surface area contributed by atoms with E-state index < -0.39 is 35.0 Å². The van der Waals surface area contributed by atoms with Gasteiger partial charge < -0.3 is 5.11 Å². The third-order valence-corrected chi connectivity index (χ3v) is 3.28. The molecule has 132 valence electrons. The van der Waals surface area contributed by atoms with Crippen LogP contribution in [0.3, 0.4) is 0 Å². The maximum absolute atomic E-state index is 12.7. The molecule has 0 heterocycles. The maximum atomic E-state index is 12.7. The molecule has 8 heteroatoms. The summed E-state index contributed by atoms with van der Waals surface area (Å²) >= 11 is 0. The first-order chi connectivity index (χ1) is 11.5. The van der Waals surface area contributed by atoms with Crippen LogP contribution in [0.2, 0.25) is 0 Å². The minimum atomic E-state index is -4.60. The first-order valence-corrected chi connectivity index (χ1v) is 6.78. The molecule has 0 aliphatic carbocycles. The summed E-state index contributed by atoms with van der Waals surface area (Å²) in [7, 11) is 0. The summed E-state index contributed by atoms with van der Waals surface area (Å²) in [6.07, 6.45) is -8.20. The number of hydrogen-bond acceptors (Lipinski definition) is 1. The Morgan fingerprint density at radius 2 is 1.40 bits per heavy atom. The van der Waals surface area contributed by atoms with Crippen molar-refractivity contribution in [2.45, 2.75) is 12.4 Å². The van der Waals surface area contributed by atoms with Gasteiger partial charge in [-0.2, -0.15) is 26.3 Å². The van der Waals surface area contributed by atoms with Crippen molar-refractivity contribution in [1.82, 2.24) is 0 Å². The monoisotopic (exact) mass is 360 g/mol. The Balaban J connectivity index is 2.45. The van der Waals surface area contributed by atoms with E-state index >= 15 is 0 Å². The normalized spacial score (nSPS) is 13.0. The molecule has 0 aliphatic rings. The van der Waals surface area contributed by atoms with Crippen LogP contribution < -0.4 is 0 Å². The summed E-state index contributed by atoms with van der Waals surface area (Å²) in [5, 5.41) is 9.23. The third kappa shape index (κ3) is 4.62. The average Bonchev–Trinajstić information content (AvgIpc) is 2.51. The summed E-state index contributed by atoms with van der Waals surface area (Å²) in [6, 6.07) is 7.29. The second-order valence-corrected chi connectivity index (χ2v) is 5.06. The summed E-state index contributed by atoms with van der Waals surface area (Å²) in [5.41, 5.74) is -2.43. The highest BCUT2D eigenvalue weighted by atomic mass is 19.4. The number of carboxylic acid groups (broad SMARTS) is 1. The quantitative estimate of drug-likeness (QED) is 0.455. The number of carbonyl (C=O) groups is 1. The zero-order valence-corrected chi connectivity index (χ0v) is 12.3. The van der Waals surface area contributed by atoms with Crippen LogP contribution in [0.15, 0.2) is 48.5 Å². The van der Waals surface area contributed by atoms with Crippen molar-refractivity contribution in [1.29, 1.82) is 0 Å². The predicted molar refractivity (Wildman–Crippen MR) is 78.4 cm³/mol. The predicted octanol–water partition coefficient (Wildman–Crippen LogP) is 5.35. The lowest BCUT2D eigenvalue weighted by molar-refractivity contribution is -0.138. The van der Waals surface area contributed by atoms with Crippen molar-refractivity contribution in [3.05, 3.63) is 70.8 Å². The van der Waals surface area contributed by atoms with Gasteiger partial charge in [-0.15, -0.1) is 0 Å². The van der Waals surface area contributed by atoms with Crippen LogP contribution in [0.25, 0.3) is 11.6 Å². The standard InChI is InChI=1S/C17H10F6O2/c18-16(19,20)12-6-4-11(5-7-12)14(15(24)25)9-10-2-1-3-13(8-10)17(21,22)23/h1-9H,(H,24,25). The lowest BCUT2D eigenvalue weighted by Gasteiger charge is -2.09. The fraction of sp³-hybridized carbons (Fsp3) is 0.118. The first-order valence-electron chi connectivity index (χ1n) is 6.78. The molecule has 0 fully saturated rings. The van der Waals surface area contributed by atoms with E-state index in [1.165, 1.54) is 6.07 Å². The SMILES string of the molecule is O=C(O)C(=Cc1cccc(C(F)(F)F)c1)c1ccc(C(F)(F)F)cc1. The molecule has 0 aliphatic heterocycles. The molecule has 0 aromatic heterocycles. The largest absolute Gasteiger partial charge is 0.478 e. The van der Waals surface area contributed by atoms with Crippen LogP contribution in [0.4, 0.5) is 26.3 Å². The van der Waals surface area contributed by atoms with Crippen LogP contribution in [-0.2, 0) is 17.1 Å². The van der Waals surface area contributed by atoms with E-state index in [9.17, 15) is 36.2 Å². The number of alkyl halides is 6. The smallest absolute Gasteiger partial charge is 0.416 e. The molecule has 0 bridgehead atoms. The highest BCUT2D eigenvalue weighted by Crippen LogP contribution is 2.32. The number of halogens is 6. The molecule has 0 spiro atoms. The molecule has 2 aromatic rings. The van der Waals surface area contributed by atoms with Crippen molar-refractivity contribution >= 4 is 17.6 Å². The minimum Gasteiger partial charge on any atom is -0.478 e. The van der Waals surface area contributed by atoms with Gasteiger partial charge in [-0.3, -0.25) is 0 Å². The highest BCUT2D eigenvalue weighted by Gasteiger charge is 2.31. The van der Waals surface area contributed by atoms with Gasteiger partial charge in [-0.25, -0.2) is 4.79 Å². The third-order valence-electron chi connectivity index (χ3n) is 3.28. The molecular weight excluding hydrogens is 350 g/mol. The molecule has 2 rings (SSSR count). The Hall–Kier alpha value is -2.77. The van der Waals surface area contributed by atoms with E-state index in [1.54, 1.807) is 0 Å². The van der Waals surface area contributed by atoms with Crippen molar-refractivity contribution in [2.24, 2.45) is 0 Å². The van der Waals surface area contributed by atoms with E-state index in [1.807, 2.05) is 0 Å². The van der Waals surface area contributed by atoms with E-state index in [-0.39, 0.29) is 11.1 Å². The Kier molecular flexibility index (Phi) is 4.92. The van der Waals surface area contributed by atoms with Crippen LogP contribution in [0.1, 0.15) is 22.3 Å². The Morgan fingerprint density at radius 1 is 0.840 bits per heavy atom. The maximum Gasteiger partial charge on any atom is 0.416 e. The zero-order valence-electron chi connectivity index (χ0n) is 12.3. The van der Waals surface area contributed by atoms with Gasteiger partial charge in [0.2, 0.25) is 0 Å². The van der Waals surface area contributed by atoms with E-state index in [0.717, 1.165) is 36.4 Å². The minimum absolute atomic E-state index is 0.0351. The summed E-state index contributed by atoms with van der Waals surface area (Å²) in [5.74, 6) is -1.47. The van der Waals surface area contributed by atoms with Crippen LogP contribution in [0, 0.1) is 0 Å². The van der Waals surface area contributed by atoms with Gasteiger partial charge in [0, 0.05) is 0 Å². The van der Waals surface area contributed by atoms with Gasteiger partial charge >= 0.3 is 18.3 Å². The number of carboxylic acids is 1. The second kappa shape index (κ2) is 6.62. The number of rotatable bonds is 3. The number of aliphatic carboxylic acids is 1. The van der Waals surface area contributed by atoms with Gasteiger partial charge in [0.25, 0.3) is 0 Å². The van der Waals surface area contributed by atoms with E-state index in [4.69, 9.17) is 0 Å².